The summed E-state index contributed by atoms with van der Waals surface area (Å²) in [6.45, 7) is 5.62. The van der Waals surface area contributed by atoms with E-state index in [4.69, 9.17) is 0 Å². The van der Waals surface area contributed by atoms with Gasteiger partial charge in [-0.25, -0.2) is 4.98 Å². The summed E-state index contributed by atoms with van der Waals surface area (Å²) in [6.07, 6.45) is -0.686. The van der Waals surface area contributed by atoms with Crippen molar-refractivity contribution in [2.75, 3.05) is 0 Å². The van der Waals surface area contributed by atoms with Crippen LogP contribution in [0.1, 0.15) is 59.9 Å². The smallest absolute Gasteiger partial charge is 0.380 e. The van der Waals surface area contributed by atoms with Gasteiger partial charge in [0.25, 0.3) is 5.91 Å². The molecular weight excluding hydrogens is 419 g/mol. The number of rotatable bonds is 6. The van der Waals surface area contributed by atoms with Crippen LogP contribution in [-0.2, 0) is 18.2 Å². The average Bonchev–Trinajstić information content (AvgIpc) is 3.24. The van der Waals surface area contributed by atoms with E-state index in [-0.39, 0.29) is 12.3 Å². The van der Waals surface area contributed by atoms with Gasteiger partial charge in [0.1, 0.15) is 5.60 Å². The number of aliphatic hydroxyl groups is 1. The van der Waals surface area contributed by atoms with Gasteiger partial charge in [-0.1, -0.05) is 24.3 Å². The molecule has 1 amide bonds. The molecule has 170 valence electrons. The van der Waals surface area contributed by atoms with Crippen molar-refractivity contribution in [1.82, 2.24) is 15.3 Å². The molecule has 2 aromatic carbocycles. The minimum atomic E-state index is -4.46. The highest BCUT2D eigenvalue weighted by atomic mass is 19.4. The molecule has 0 bridgehead atoms. The Morgan fingerprint density at radius 3 is 1.97 bits per heavy atom. The van der Waals surface area contributed by atoms with Crippen molar-refractivity contribution >= 4 is 5.91 Å². The third-order valence-electron chi connectivity index (χ3n) is 5.11. The molecule has 8 heteroatoms. The molecule has 1 unspecified atom stereocenters. The summed E-state index contributed by atoms with van der Waals surface area (Å²) >= 11 is 0. The molecule has 5 nitrogen and oxygen atoms in total. The molecule has 1 heterocycles. The predicted molar refractivity (Wildman–Crippen MR) is 115 cm³/mol. The number of benzene rings is 2. The van der Waals surface area contributed by atoms with E-state index in [9.17, 15) is 23.1 Å². The van der Waals surface area contributed by atoms with Crippen LogP contribution in [0.25, 0.3) is 0 Å². The molecule has 0 radical (unpaired) electrons. The number of nitrogens with zero attached hydrogens (tertiary/aromatic N) is 1. The zero-order valence-electron chi connectivity index (χ0n) is 18.1. The summed E-state index contributed by atoms with van der Waals surface area (Å²) < 4.78 is 39.0. The number of aromatic amines is 1. The van der Waals surface area contributed by atoms with Gasteiger partial charge in [-0.15, -0.1) is 0 Å². The summed E-state index contributed by atoms with van der Waals surface area (Å²) in [5.41, 5.74) is -0.731. The lowest BCUT2D eigenvalue weighted by Crippen LogP contribution is -2.40. The van der Waals surface area contributed by atoms with Crippen LogP contribution in [-0.4, -0.2) is 26.5 Å². The molecule has 0 aliphatic heterocycles. The number of nitrogens with one attached hydrogen (secondary N) is 2. The normalized spacial score (nSPS) is 14.1. The van der Waals surface area contributed by atoms with Gasteiger partial charge in [0.05, 0.1) is 11.9 Å². The van der Waals surface area contributed by atoms with Crippen molar-refractivity contribution in [3.05, 3.63) is 89.0 Å². The zero-order valence-corrected chi connectivity index (χ0v) is 18.1. The number of hydrogen-bond donors (Lipinski definition) is 3. The van der Waals surface area contributed by atoms with Gasteiger partial charge in [0.15, 0.2) is 0 Å². The summed E-state index contributed by atoms with van der Waals surface area (Å²) in [4.78, 5) is 19.3. The van der Waals surface area contributed by atoms with Crippen LogP contribution in [0.15, 0.2) is 61.1 Å². The maximum Gasteiger partial charge on any atom is 0.416 e. The Morgan fingerprint density at radius 1 is 0.969 bits per heavy atom. The second-order valence-corrected chi connectivity index (χ2v) is 8.79. The van der Waals surface area contributed by atoms with Crippen LogP contribution in [0.2, 0.25) is 0 Å². The fourth-order valence-corrected chi connectivity index (χ4v) is 3.44. The van der Waals surface area contributed by atoms with Crippen molar-refractivity contribution in [2.45, 2.75) is 50.9 Å². The summed E-state index contributed by atoms with van der Waals surface area (Å²) in [5.74, 6) is -0.250. The monoisotopic (exact) mass is 445 g/mol. The van der Waals surface area contributed by atoms with E-state index in [2.05, 4.69) is 15.3 Å². The third kappa shape index (κ3) is 5.56. The molecule has 0 aliphatic rings. The van der Waals surface area contributed by atoms with Crippen LogP contribution >= 0.6 is 0 Å². The number of H-pyrrole nitrogens is 1. The number of halogens is 3. The number of amides is 1. The minimum absolute atomic E-state index is 0.202. The number of hydrogen-bond acceptors (Lipinski definition) is 3. The summed E-state index contributed by atoms with van der Waals surface area (Å²) in [7, 11) is 0. The summed E-state index contributed by atoms with van der Waals surface area (Å²) in [5, 5.41) is 14.5. The number of imidazole rings is 1. The lowest BCUT2D eigenvalue weighted by atomic mass is 9.81. The topological polar surface area (TPSA) is 78.0 Å². The first kappa shape index (κ1) is 23.5. The largest absolute Gasteiger partial charge is 0.416 e. The van der Waals surface area contributed by atoms with Crippen molar-refractivity contribution in [1.29, 1.82) is 0 Å². The fraction of sp³-hybridized carbons (Fsp3) is 0.333. The van der Waals surface area contributed by atoms with Crippen LogP contribution < -0.4 is 5.32 Å². The maximum atomic E-state index is 13.0. The van der Waals surface area contributed by atoms with Crippen molar-refractivity contribution < 1.29 is 23.1 Å². The molecule has 3 N–H and O–H groups in total. The highest BCUT2D eigenvalue weighted by Crippen LogP contribution is 2.36. The van der Waals surface area contributed by atoms with E-state index in [0.717, 1.165) is 17.8 Å². The Balaban J connectivity index is 1.94. The summed E-state index contributed by atoms with van der Waals surface area (Å²) in [6, 6.07) is 10.9. The van der Waals surface area contributed by atoms with E-state index in [0.29, 0.717) is 23.1 Å². The Bertz CT molecular complexity index is 1040. The minimum Gasteiger partial charge on any atom is -0.380 e. The van der Waals surface area contributed by atoms with Gasteiger partial charge in [-0.3, -0.25) is 4.79 Å². The first-order valence-corrected chi connectivity index (χ1v) is 10.2. The van der Waals surface area contributed by atoms with Gasteiger partial charge in [-0.2, -0.15) is 13.2 Å². The zero-order chi connectivity index (χ0) is 23.6. The number of aromatic nitrogens is 2. The van der Waals surface area contributed by atoms with E-state index in [1.165, 1.54) is 18.5 Å². The molecule has 0 spiro atoms. The molecular formula is C24H26F3N3O2. The first-order valence-electron chi connectivity index (χ1n) is 10.2. The molecule has 32 heavy (non-hydrogen) atoms. The molecule has 0 saturated carbocycles. The van der Waals surface area contributed by atoms with Gasteiger partial charge < -0.3 is 15.4 Å². The number of alkyl halides is 3. The van der Waals surface area contributed by atoms with E-state index < -0.39 is 22.9 Å². The highest BCUT2D eigenvalue weighted by molar-refractivity contribution is 5.94. The molecule has 1 atom stereocenters. The number of carbonyl (C=O) groups excluding carboxylic acids is 1. The van der Waals surface area contributed by atoms with Gasteiger partial charge >= 0.3 is 6.18 Å². The van der Waals surface area contributed by atoms with Gasteiger partial charge in [0.2, 0.25) is 0 Å². The first-order chi connectivity index (χ1) is 14.9. The second kappa shape index (κ2) is 8.78. The van der Waals surface area contributed by atoms with Crippen LogP contribution in [0.3, 0.4) is 0 Å². The van der Waals surface area contributed by atoms with Gasteiger partial charge in [0, 0.05) is 23.0 Å². The van der Waals surface area contributed by atoms with E-state index in [1.807, 2.05) is 20.8 Å². The Morgan fingerprint density at radius 2 is 1.50 bits per heavy atom. The number of aryl methyl sites for hydroxylation is 1. The van der Waals surface area contributed by atoms with Crippen LogP contribution in [0, 0.1) is 0 Å². The fourth-order valence-electron chi connectivity index (χ4n) is 3.44. The second-order valence-electron chi connectivity index (χ2n) is 8.79. The molecule has 3 aromatic rings. The lowest BCUT2D eigenvalue weighted by Gasteiger charge is -2.30. The Labute approximate surface area is 184 Å². The molecule has 3 rings (SSSR count). The third-order valence-corrected chi connectivity index (χ3v) is 5.11. The van der Waals surface area contributed by atoms with Crippen LogP contribution in [0.4, 0.5) is 13.2 Å². The molecule has 0 aliphatic carbocycles. The van der Waals surface area contributed by atoms with E-state index in [1.54, 1.807) is 30.5 Å². The van der Waals surface area contributed by atoms with E-state index >= 15 is 0 Å². The van der Waals surface area contributed by atoms with Crippen molar-refractivity contribution in [3.63, 3.8) is 0 Å². The average molecular weight is 445 g/mol. The van der Waals surface area contributed by atoms with Crippen molar-refractivity contribution in [3.8, 4) is 0 Å². The Hall–Kier alpha value is -3.13. The predicted octanol–water partition coefficient (Wildman–Crippen LogP) is 4.83. The maximum absolute atomic E-state index is 13.0. The highest BCUT2D eigenvalue weighted by Gasteiger charge is 2.34. The molecule has 1 aromatic heterocycles. The van der Waals surface area contributed by atoms with Crippen LogP contribution in [0.5, 0.6) is 0 Å². The van der Waals surface area contributed by atoms with Crippen molar-refractivity contribution in [2.24, 2.45) is 0 Å². The SMILES string of the molecule is CC(C)(C)NC(=O)c1ccc(C(O)(CCc2cnc[nH]2)c2ccc(C(F)(F)F)cc2)cc1. The van der Waals surface area contributed by atoms with Gasteiger partial charge in [-0.05, 0) is 69.0 Å². The quantitative estimate of drug-likeness (QED) is 0.509. The lowest BCUT2D eigenvalue weighted by molar-refractivity contribution is -0.137. The number of carbonyl (C=O) groups is 1. The standard InChI is InChI=1S/C24H26F3N3O2/c1-22(2,3)30-21(31)16-4-6-17(7-5-16)23(32,13-12-20-14-28-15-29-20)18-8-10-19(11-9-18)24(25,26)27/h4-11,14-15,32H,12-13H2,1-3H3,(H,28,29)(H,30,31). The molecule has 0 saturated heterocycles. The Kier molecular flexibility index (Phi) is 6.46. The molecule has 0 fully saturated rings.